The van der Waals surface area contributed by atoms with Crippen LogP contribution in [0.4, 0.5) is 0 Å². The normalized spacial score (nSPS) is 21.5. The van der Waals surface area contributed by atoms with E-state index in [2.05, 4.69) is 36.4 Å². The molecule has 0 spiro atoms. The van der Waals surface area contributed by atoms with Crippen molar-refractivity contribution in [1.82, 2.24) is 10.6 Å². The number of guanidine groups is 1. The van der Waals surface area contributed by atoms with E-state index in [1.807, 2.05) is 6.92 Å². The lowest BCUT2D eigenvalue weighted by atomic mass is 9.78. The van der Waals surface area contributed by atoms with E-state index < -0.39 is 5.91 Å². The number of nitrogens with zero attached hydrogens (tertiary/aromatic N) is 1. The van der Waals surface area contributed by atoms with Gasteiger partial charge >= 0.3 is 0 Å². The molecular formula is C19H32N4O3. The first-order valence-corrected chi connectivity index (χ1v) is 9.33. The molecule has 1 saturated heterocycles. The Labute approximate surface area is 155 Å². The first kappa shape index (κ1) is 20.3. The van der Waals surface area contributed by atoms with E-state index in [9.17, 15) is 4.79 Å². The van der Waals surface area contributed by atoms with Crippen molar-refractivity contribution in [2.75, 3.05) is 19.7 Å². The minimum absolute atomic E-state index is 0.113. The highest BCUT2D eigenvalue weighted by Gasteiger charge is 2.35. The maximum atomic E-state index is 11.1. The molecule has 7 heteroatoms. The summed E-state index contributed by atoms with van der Waals surface area (Å²) in [4.78, 5) is 15.6. The first-order chi connectivity index (χ1) is 12.3. The number of carbonyl (C=O) groups excluding carboxylic acids is 1. The van der Waals surface area contributed by atoms with Gasteiger partial charge in [-0.15, -0.1) is 0 Å². The van der Waals surface area contributed by atoms with E-state index in [1.54, 1.807) is 12.1 Å². The van der Waals surface area contributed by atoms with Crippen molar-refractivity contribution in [3.05, 3.63) is 23.7 Å². The van der Waals surface area contributed by atoms with Gasteiger partial charge in [-0.05, 0) is 37.3 Å². The topological polar surface area (TPSA) is 102 Å². The molecule has 2 atom stereocenters. The standard InChI is InChI=1S/C19H32N4O3/c1-5-21-18(23-12-14-8-9-15(26-14)17(20)24)22-11-13-7-6-10-25-16(13)19(2,3)4/h8-9,13,16H,5-7,10-12H2,1-4H3,(H2,20,24)(H2,21,22,23). The maximum absolute atomic E-state index is 11.1. The van der Waals surface area contributed by atoms with Crippen LogP contribution >= 0.6 is 0 Å². The van der Waals surface area contributed by atoms with Crippen LogP contribution in [0.25, 0.3) is 0 Å². The highest BCUT2D eigenvalue weighted by Crippen LogP contribution is 2.33. The summed E-state index contributed by atoms with van der Waals surface area (Å²) >= 11 is 0. The molecule has 1 aliphatic heterocycles. The molecule has 1 aliphatic rings. The Morgan fingerprint density at radius 1 is 1.35 bits per heavy atom. The first-order valence-electron chi connectivity index (χ1n) is 9.33. The summed E-state index contributed by atoms with van der Waals surface area (Å²) in [5.74, 6) is 1.35. The van der Waals surface area contributed by atoms with Crippen LogP contribution in [0.3, 0.4) is 0 Å². The van der Waals surface area contributed by atoms with Gasteiger partial charge in [0.25, 0.3) is 5.91 Å². The molecule has 26 heavy (non-hydrogen) atoms. The SMILES string of the molecule is CCNC(=NCc1ccc(C(N)=O)o1)NCC1CCCOC1C(C)(C)C. The summed E-state index contributed by atoms with van der Waals surface area (Å²) in [6.07, 6.45) is 2.47. The summed E-state index contributed by atoms with van der Waals surface area (Å²) in [5.41, 5.74) is 5.32. The molecule has 0 radical (unpaired) electrons. The number of nitrogens with two attached hydrogens (primary N) is 1. The van der Waals surface area contributed by atoms with Gasteiger partial charge in [0.1, 0.15) is 12.3 Å². The van der Waals surface area contributed by atoms with Gasteiger partial charge in [-0.25, -0.2) is 4.99 Å². The van der Waals surface area contributed by atoms with Gasteiger partial charge in [-0.3, -0.25) is 4.79 Å². The Morgan fingerprint density at radius 2 is 2.12 bits per heavy atom. The Hall–Kier alpha value is -2.02. The van der Waals surface area contributed by atoms with E-state index in [1.165, 1.54) is 0 Å². The Kier molecular flexibility index (Phi) is 7.08. The molecule has 146 valence electrons. The summed E-state index contributed by atoms with van der Waals surface area (Å²) in [5, 5.41) is 6.66. The van der Waals surface area contributed by atoms with Crippen LogP contribution < -0.4 is 16.4 Å². The van der Waals surface area contributed by atoms with E-state index in [-0.39, 0.29) is 17.3 Å². The van der Waals surface area contributed by atoms with Crippen molar-refractivity contribution in [2.24, 2.45) is 22.1 Å². The summed E-state index contributed by atoms with van der Waals surface area (Å²) < 4.78 is 11.4. The second-order valence-corrected chi connectivity index (χ2v) is 7.77. The van der Waals surface area contributed by atoms with Crippen molar-refractivity contribution in [3.8, 4) is 0 Å². The molecule has 2 unspecified atom stereocenters. The lowest BCUT2D eigenvalue weighted by Crippen LogP contribution is -2.47. The number of amides is 1. The van der Waals surface area contributed by atoms with Crippen LogP contribution in [0.1, 0.15) is 56.9 Å². The van der Waals surface area contributed by atoms with E-state index in [0.717, 1.165) is 38.5 Å². The van der Waals surface area contributed by atoms with Crippen LogP contribution in [0.5, 0.6) is 0 Å². The lowest BCUT2D eigenvalue weighted by molar-refractivity contribution is -0.0835. The average Bonchev–Trinajstić information content (AvgIpc) is 3.06. The fraction of sp³-hybridized carbons (Fsp3) is 0.684. The molecule has 1 aromatic rings. The van der Waals surface area contributed by atoms with Crippen molar-refractivity contribution >= 4 is 11.9 Å². The predicted molar refractivity (Wildman–Crippen MR) is 102 cm³/mol. The zero-order valence-corrected chi connectivity index (χ0v) is 16.3. The molecule has 0 aliphatic carbocycles. The molecule has 2 rings (SSSR count). The minimum atomic E-state index is -0.573. The van der Waals surface area contributed by atoms with Gasteiger partial charge in [0.2, 0.25) is 0 Å². The molecule has 1 aromatic heterocycles. The Balaban J connectivity index is 1.96. The number of hydrogen-bond donors (Lipinski definition) is 3. The number of rotatable bonds is 6. The second kappa shape index (κ2) is 9.07. The van der Waals surface area contributed by atoms with Crippen molar-refractivity contribution in [1.29, 1.82) is 0 Å². The van der Waals surface area contributed by atoms with E-state index >= 15 is 0 Å². The number of hydrogen-bond acceptors (Lipinski definition) is 4. The smallest absolute Gasteiger partial charge is 0.284 e. The van der Waals surface area contributed by atoms with Crippen molar-refractivity contribution in [3.63, 3.8) is 0 Å². The molecule has 0 aromatic carbocycles. The third-order valence-electron chi connectivity index (χ3n) is 4.47. The Bertz CT molecular complexity index is 619. The number of ether oxygens (including phenoxy) is 1. The lowest BCUT2D eigenvalue weighted by Gasteiger charge is -2.40. The van der Waals surface area contributed by atoms with Gasteiger partial charge in [0.05, 0.1) is 6.10 Å². The van der Waals surface area contributed by atoms with Crippen LogP contribution in [0.15, 0.2) is 21.5 Å². The maximum Gasteiger partial charge on any atom is 0.284 e. The molecule has 0 bridgehead atoms. The van der Waals surface area contributed by atoms with Gasteiger partial charge in [0, 0.05) is 25.6 Å². The van der Waals surface area contributed by atoms with Crippen LogP contribution in [0, 0.1) is 11.3 Å². The number of nitrogens with one attached hydrogen (secondary N) is 2. The highest BCUT2D eigenvalue weighted by molar-refractivity contribution is 5.89. The quantitative estimate of drug-likeness (QED) is 0.531. The van der Waals surface area contributed by atoms with Crippen molar-refractivity contribution < 1.29 is 13.9 Å². The number of carbonyl (C=O) groups is 1. The van der Waals surface area contributed by atoms with Crippen LogP contribution in [0.2, 0.25) is 0 Å². The van der Waals surface area contributed by atoms with E-state index in [4.69, 9.17) is 14.9 Å². The highest BCUT2D eigenvalue weighted by atomic mass is 16.5. The second-order valence-electron chi connectivity index (χ2n) is 7.77. The molecule has 7 nitrogen and oxygen atoms in total. The number of aliphatic imine (C=N–C) groups is 1. The van der Waals surface area contributed by atoms with Gasteiger partial charge in [0.15, 0.2) is 11.7 Å². The van der Waals surface area contributed by atoms with Crippen LogP contribution in [-0.4, -0.2) is 37.7 Å². The molecule has 1 amide bonds. The summed E-state index contributed by atoms with van der Waals surface area (Å²) in [6, 6.07) is 3.29. The monoisotopic (exact) mass is 364 g/mol. The number of primary amides is 1. The number of furan rings is 1. The fourth-order valence-corrected chi connectivity index (χ4v) is 3.33. The Morgan fingerprint density at radius 3 is 2.73 bits per heavy atom. The van der Waals surface area contributed by atoms with Gasteiger partial charge in [-0.1, -0.05) is 20.8 Å². The molecule has 1 fully saturated rings. The molecule has 2 heterocycles. The van der Waals surface area contributed by atoms with Gasteiger partial charge in [-0.2, -0.15) is 0 Å². The molecular weight excluding hydrogens is 332 g/mol. The summed E-state index contributed by atoms with van der Waals surface area (Å²) in [6.45, 7) is 11.4. The zero-order valence-electron chi connectivity index (χ0n) is 16.3. The molecule has 4 N–H and O–H groups in total. The summed E-state index contributed by atoms with van der Waals surface area (Å²) in [7, 11) is 0. The van der Waals surface area contributed by atoms with E-state index in [0.29, 0.717) is 18.2 Å². The third kappa shape index (κ3) is 5.76. The fourth-order valence-electron chi connectivity index (χ4n) is 3.33. The van der Waals surface area contributed by atoms with Gasteiger partial charge < -0.3 is 25.5 Å². The average molecular weight is 364 g/mol. The third-order valence-corrected chi connectivity index (χ3v) is 4.47. The predicted octanol–water partition coefficient (Wildman–Crippen LogP) is 2.27. The minimum Gasteiger partial charge on any atom is -0.454 e. The van der Waals surface area contributed by atoms with Crippen molar-refractivity contribution in [2.45, 2.75) is 53.2 Å². The molecule has 0 saturated carbocycles. The zero-order chi connectivity index (χ0) is 19.2. The van der Waals surface area contributed by atoms with Crippen LogP contribution in [-0.2, 0) is 11.3 Å². The largest absolute Gasteiger partial charge is 0.454 e.